The number of fused-ring (bicyclic) bond motifs is 1. The summed E-state index contributed by atoms with van der Waals surface area (Å²) in [6.45, 7) is 3.05. The Bertz CT molecular complexity index is 950. The van der Waals surface area contributed by atoms with Crippen LogP contribution in [0.5, 0.6) is 0 Å². The van der Waals surface area contributed by atoms with Crippen LogP contribution in [0, 0.1) is 0 Å². The highest BCUT2D eigenvalue weighted by Crippen LogP contribution is 2.15. The van der Waals surface area contributed by atoms with Crippen molar-refractivity contribution in [1.29, 1.82) is 0 Å². The first-order valence-corrected chi connectivity index (χ1v) is 9.48. The zero-order valence-electron chi connectivity index (χ0n) is 15.6. The molecule has 7 nitrogen and oxygen atoms in total. The van der Waals surface area contributed by atoms with Crippen LogP contribution >= 0.6 is 0 Å². The molecular formula is C20H25N5O2. The van der Waals surface area contributed by atoms with Gasteiger partial charge in [-0.1, -0.05) is 30.3 Å². The number of H-pyrrole nitrogens is 1. The summed E-state index contributed by atoms with van der Waals surface area (Å²) >= 11 is 0. The van der Waals surface area contributed by atoms with E-state index < -0.39 is 0 Å². The van der Waals surface area contributed by atoms with Crippen molar-refractivity contribution in [1.82, 2.24) is 24.6 Å². The SMILES string of the molecule is Cn1ncc2c(=O)[nH]c(CN3CCO[C@@H](CCCc4ccccc4)C3)nc21. The molecule has 0 saturated carbocycles. The van der Waals surface area contributed by atoms with Crippen LogP contribution in [0.3, 0.4) is 0 Å². The standard InChI is InChI=1S/C20H25N5O2/c1-24-19-17(12-21-24)20(26)23-18(22-19)14-25-10-11-27-16(13-25)9-5-8-15-6-3-2-4-7-15/h2-4,6-7,12,16H,5,8-11,13-14H2,1H3,(H,22,23,26)/t16-/m0/s1. The van der Waals surface area contributed by atoms with Gasteiger partial charge in [-0.15, -0.1) is 0 Å². The van der Waals surface area contributed by atoms with Crippen LogP contribution in [-0.4, -0.2) is 50.4 Å². The van der Waals surface area contributed by atoms with Gasteiger partial charge in [0.15, 0.2) is 5.65 Å². The van der Waals surface area contributed by atoms with Gasteiger partial charge in [0.25, 0.3) is 5.56 Å². The molecule has 1 fully saturated rings. The van der Waals surface area contributed by atoms with Crippen molar-refractivity contribution in [2.45, 2.75) is 31.9 Å². The summed E-state index contributed by atoms with van der Waals surface area (Å²) in [5, 5.41) is 4.65. The normalized spacial score (nSPS) is 18.2. The van der Waals surface area contributed by atoms with E-state index >= 15 is 0 Å². The maximum absolute atomic E-state index is 12.2. The number of morpholine rings is 1. The minimum absolute atomic E-state index is 0.129. The molecule has 142 valence electrons. The number of nitrogens with one attached hydrogen (secondary N) is 1. The highest BCUT2D eigenvalue weighted by Gasteiger charge is 2.21. The third-order valence-corrected chi connectivity index (χ3v) is 5.08. The second kappa shape index (κ2) is 8.02. The fraction of sp³-hybridized carbons (Fsp3) is 0.450. The molecule has 1 N–H and O–H groups in total. The van der Waals surface area contributed by atoms with Gasteiger partial charge >= 0.3 is 0 Å². The lowest BCUT2D eigenvalue weighted by Crippen LogP contribution is -2.42. The molecule has 0 bridgehead atoms. The van der Waals surface area contributed by atoms with Crippen molar-refractivity contribution in [3.05, 3.63) is 58.3 Å². The topological polar surface area (TPSA) is 76.0 Å². The van der Waals surface area contributed by atoms with Gasteiger partial charge in [-0.25, -0.2) is 4.98 Å². The number of benzene rings is 1. The molecule has 1 aliphatic heterocycles. The minimum Gasteiger partial charge on any atom is -0.376 e. The lowest BCUT2D eigenvalue weighted by atomic mass is 10.1. The first kappa shape index (κ1) is 17.9. The summed E-state index contributed by atoms with van der Waals surface area (Å²) in [5.41, 5.74) is 1.87. The van der Waals surface area contributed by atoms with E-state index in [1.165, 1.54) is 5.56 Å². The molecule has 1 aromatic carbocycles. The number of ether oxygens (including phenoxy) is 1. The molecule has 3 heterocycles. The Balaban J connectivity index is 1.34. The van der Waals surface area contributed by atoms with Crippen LogP contribution in [-0.2, 0) is 24.8 Å². The minimum atomic E-state index is -0.129. The van der Waals surface area contributed by atoms with Crippen molar-refractivity contribution >= 4 is 11.0 Å². The summed E-state index contributed by atoms with van der Waals surface area (Å²) < 4.78 is 7.58. The molecule has 7 heteroatoms. The first-order valence-electron chi connectivity index (χ1n) is 9.48. The Morgan fingerprint density at radius 1 is 1.30 bits per heavy atom. The summed E-state index contributed by atoms with van der Waals surface area (Å²) in [6.07, 6.45) is 5.01. The van der Waals surface area contributed by atoms with E-state index in [2.05, 4.69) is 44.2 Å². The molecule has 2 aromatic heterocycles. The van der Waals surface area contributed by atoms with Gasteiger partial charge in [-0.3, -0.25) is 14.4 Å². The number of aromatic nitrogens is 4. The Labute approximate surface area is 158 Å². The van der Waals surface area contributed by atoms with E-state index in [-0.39, 0.29) is 11.7 Å². The highest BCUT2D eigenvalue weighted by molar-refractivity contribution is 5.72. The molecular weight excluding hydrogens is 342 g/mol. The molecule has 1 atom stereocenters. The second-order valence-corrected chi connectivity index (χ2v) is 7.12. The zero-order valence-corrected chi connectivity index (χ0v) is 15.6. The van der Waals surface area contributed by atoms with Crippen LogP contribution in [0.25, 0.3) is 11.0 Å². The average Bonchev–Trinajstić information content (AvgIpc) is 3.05. The number of aryl methyl sites for hydroxylation is 2. The van der Waals surface area contributed by atoms with Crippen molar-refractivity contribution in [2.75, 3.05) is 19.7 Å². The van der Waals surface area contributed by atoms with Gasteiger partial charge in [0.2, 0.25) is 0 Å². The van der Waals surface area contributed by atoms with Crippen molar-refractivity contribution < 1.29 is 4.74 Å². The monoisotopic (exact) mass is 367 g/mol. The smallest absolute Gasteiger partial charge is 0.262 e. The first-order chi connectivity index (χ1) is 13.2. The molecule has 0 aliphatic carbocycles. The van der Waals surface area contributed by atoms with E-state index in [1.807, 2.05) is 6.07 Å². The molecule has 0 amide bonds. The summed E-state index contributed by atoms with van der Waals surface area (Å²) in [6, 6.07) is 10.6. The Morgan fingerprint density at radius 3 is 3.00 bits per heavy atom. The third-order valence-electron chi connectivity index (χ3n) is 5.08. The summed E-state index contributed by atoms with van der Waals surface area (Å²) in [4.78, 5) is 22.0. The maximum atomic E-state index is 12.2. The van der Waals surface area contributed by atoms with Gasteiger partial charge in [0.1, 0.15) is 11.2 Å². The zero-order chi connectivity index (χ0) is 18.6. The van der Waals surface area contributed by atoms with Crippen LogP contribution in [0.15, 0.2) is 41.3 Å². The third kappa shape index (κ3) is 4.26. The van der Waals surface area contributed by atoms with E-state index in [0.717, 1.165) is 32.4 Å². The number of hydrogen-bond acceptors (Lipinski definition) is 5. The van der Waals surface area contributed by atoms with E-state index in [4.69, 9.17) is 4.74 Å². The van der Waals surface area contributed by atoms with Gasteiger partial charge in [0.05, 0.1) is 25.5 Å². The number of rotatable bonds is 6. The van der Waals surface area contributed by atoms with Gasteiger partial charge in [0, 0.05) is 20.1 Å². The summed E-state index contributed by atoms with van der Waals surface area (Å²) in [7, 11) is 1.80. The van der Waals surface area contributed by atoms with E-state index in [9.17, 15) is 4.79 Å². The molecule has 1 saturated heterocycles. The molecule has 4 rings (SSSR count). The predicted molar refractivity (Wildman–Crippen MR) is 104 cm³/mol. The largest absolute Gasteiger partial charge is 0.376 e. The van der Waals surface area contributed by atoms with Crippen LogP contribution < -0.4 is 5.56 Å². The molecule has 0 radical (unpaired) electrons. The number of nitrogens with zero attached hydrogens (tertiary/aromatic N) is 4. The quantitative estimate of drug-likeness (QED) is 0.720. The fourth-order valence-electron chi connectivity index (χ4n) is 3.64. The molecule has 27 heavy (non-hydrogen) atoms. The number of hydrogen-bond donors (Lipinski definition) is 1. The number of aromatic amines is 1. The Morgan fingerprint density at radius 2 is 2.15 bits per heavy atom. The van der Waals surface area contributed by atoms with E-state index in [0.29, 0.717) is 30.0 Å². The van der Waals surface area contributed by atoms with Crippen LogP contribution in [0.2, 0.25) is 0 Å². The Hall–Kier alpha value is -2.51. The van der Waals surface area contributed by atoms with Crippen molar-refractivity contribution in [3.8, 4) is 0 Å². The molecule has 3 aromatic rings. The lowest BCUT2D eigenvalue weighted by molar-refractivity contribution is -0.0362. The lowest BCUT2D eigenvalue weighted by Gasteiger charge is -2.32. The van der Waals surface area contributed by atoms with Gasteiger partial charge < -0.3 is 9.72 Å². The summed E-state index contributed by atoms with van der Waals surface area (Å²) in [5.74, 6) is 0.682. The van der Waals surface area contributed by atoms with Gasteiger partial charge in [-0.2, -0.15) is 5.10 Å². The Kier molecular flexibility index (Phi) is 5.31. The fourth-order valence-corrected chi connectivity index (χ4v) is 3.64. The molecule has 1 aliphatic rings. The van der Waals surface area contributed by atoms with Crippen LogP contribution in [0.1, 0.15) is 24.2 Å². The molecule has 0 unspecified atom stereocenters. The van der Waals surface area contributed by atoms with Crippen LogP contribution in [0.4, 0.5) is 0 Å². The maximum Gasteiger partial charge on any atom is 0.262 e. The van der Waals surface area contributed by atoms with Crippen molar-refractivity contribution in [2.24, 2.45) is 7.05 Å². The predicted octanol–water partition coefficient (Wildman–Crippen LogP) is 1.88. The highest BCUT2D eigenvalue weighted by atomic mass is 16.5. The van der Waals surface area contributed by atoms with E-state index in [1.54, 1.807) is 17.9 Å². The average molecular weight is 367 g/mol. The second-order valence-electron chi connectivity index (χ2n) is 7.12. The van der Waals surface area contributed by atoms with Crippen molar-refractivity contribution in [3.63, 3.8) is 0 Å². The molecule has 0 spiro atoms. The van der Waals surface area contributed by atoms with Gasteiger partial charge in [-0.05, 0) is 24.8 Å².